The molecular weight excluding hydrogens is 430 g/mol. The highest BCUT2D eigenvalue weighted by Crippen LogP contribution is 2.33. The summed E-state index contributed by atoms with van der Waals surface area (Å²) in [5, 5.41) is 9.33. The molecule has 0 radical (unpaired) electrons. The molecule has 182 valence electrons. The molecule has 1 aromatic carbocycles. The Morgan fingerprint density at radius 3 is 2.26 bits per heavy atom. The summed E-state index contributed by atoms with van der Waals surface area (Å²) in [7, 11) is 0. The normalized spacial score (nSPS) is 19.8. The minimum atomic E-state index is -0.235. The number of hydrazone groups is 1. The summed E-state index contributed by atoms with van der Waals surface area (Å²) >= 11 is 0. The van der Waals surface area contributed by atoms with Gasteiger partial charge in [-0.2, -0.15) is 5.10 Å². The lowest BCUT2D eigenvalue weighted by Crippen LogP contribution is -2.53. The minimum Gasteiger partial charge on any atom is -0.467 e. The molecule has 1 N–H and O–H groups in total. The third kappa shape index (κ3) is 6.12. The van der Waals surface area contributed by atoms with Gasteiger partial charge < -0.3 is 9.73 Å². The second-order valence-corrected chi connectivity index (χ2v) is 10.2. The van der Waals surface area contributed by atoms with Crippen LogP contribution in [0, 0.1) is 6.92 Å². The molecule has 0 spiro atoms. The van der Waals surface area contributed by atoms with Crippen LogP contribution in [-0.4, -0.2) is 77.1 Å². The van der Waals surface area contributed by atoms with Gasteiger partial charge in [0.1, 0.15) is 11.8 Å². The molecule has 2 amide bonds. The van der Waals surface area contributed by atoms with Crippen LogP contribution < -0.4 is 5.32 Å². The summed E-state index contributed by atoms with van der Waals surface area (Å²) in [4.78, 5) is 29.8. The lowest BCUT2D eigenvalue weighted by molar-refractivity contribution is -0.135. The summed E-state index contributed by atoms with van der Waals surface area (Å²) in [6, 6.07) is 11.7. The van der Waals surface area contributed by atoms with Gasteiger partial charge in [-0.3, -0.25) is 19.4 Å². The van der Waals surface area contributed by atoms with Gasteiger partial charge in [0.05, 0.1) is 25.1 Å². The van der Waals surface area contributed by atoms with E-state index in [1.54, 1.807) is 11.3 Å². The molecule has 1 aromatic heterocycles. The Morgan fingerprint density at radius 1 is 1.03 bits per heavy atom. The van der Waals surface area contributed by atoms with E-state index in [1.807, 2.05) is 32.9 Å². The van der Waals surface area contributed by atoms with E-state index in [-0.39, 0.29) is 23.4 Å². The van der Waals surface area contributed by atoms with Gasteiger partial charge in [-0.15, -0.1) is 0 Å². The van der Waals surface area contributed by atoms with E-state index in [0.717, 1.165) is 43.2 Å². The van der Waals surface area contributed by atoms with Crippen LogP contribution in [0.25, 0.3) is 0 Å². The summed E-state index contributed by atoms with van der Waals surface area (Å²) in [6.07, 6.45) is 2.26. The van der Waals surface area contributed by atoms with E-state index in [2.05, 4.69) is 46.3 Å². The average Bonchev–Trinajstić information content (AvgIpc) is 3.44. The number of amides is 2. The first-order valence-corrected chi connectivity index (χ1v) is 11.9. The molecule has 8 heteroatoms. The molecule has 1 unspecified atom stereocenters. The van der Waals surface area contributed by atoms with E-state index in [1.165, 1.54) is 5.56 Å². The summed E-state index contributed by atoms with van der Waals surface area (Å²) in [6.45, 7) is 11.7. The van der Waals surface area contributed by atoms with E-state index < -0.39 is 0 Å². The van der Waals surface area contributed by atoms with Crippen molar-refractivity contribution in [1.29, 1.82) is 0 Å². The zero-order chi connectivity index (χ0) is 24.3. The fourth-order valence-corrected chi connectivity index (χ4v) is 4.39. The predicted octanol–water partition coefficient (Wildman–Crippen LogP) is 2.80. The number of nitrogens with zero attached hydrogens (tertiary/aromatic N) is 4. The maximum Gasteiger partial charge on any atom is 0.257 e. The van der Waals surface area contributed by atoms with Crippen molar-refractivity contribution in [1.82, 2.24) is 20.1 Å². The third-order valence-corrected chi connectivity index (χ3v) is 6.13. The molecule has 2 aliphatic heterocycles. The molecule has 8 nitrogen and oxygen atoms in total. The fourth-order valence-electron chi connectivity index (χ4n) is 4.39. The van der Waals surface area contributed by atoms with Crippen molar-refractivity contribution in [3.05, 3.63) is 59.5 Å². The van der Waals surface area contributed by atoms with E-state index >= 15 is 0 Å². The van der Waals surface area contributed by atoms with Crippen LogP contribution in [0.5, 0.6) is 0 Å². The SMILES string of the molecule is Cc1ccc(C2=NN(C(=O)CN3CCN(CC(=O)NC(C)(C)C)CC3)C(c3ccco3)C2)cc1. The van der Waals surface area contributed by atoms with Crippen LogP contribution in [0.15, 0.2) is 52.2 Å². The number of furan rings is 1. The number of nitrogens with one attached hydrogen (secondary N) is 1. The number of carbonyl (C=O) groups is 2. The number of piperazine rings is 1. The number of carbonyl (C=O) groups excluding carboxylic acids is 2. The van der Waals surface area contributed by atoms with Crippen LogP contribution in [0.2, 0.25) is 0 Å². The van der Waals surface area contributed by atoms with Crippen molar-refractivity contribution in [2.75, 3.05) is 39.3 Å². The lowest BCUT2D eigenvalue weighted by atomic mass is 10.0. The molecule has 1 saturated heterocycles. The maximum atomic E-state index is 13.3. The Hall–Kier alpha value is -2.97. The second kappa shape index (κ2) is 10.1. The lowest BCUT2D eigenvalue weighted by Gasteiger charge is -2.35. The standard InChI is InChI=1S/C26H35N5O3/c1-19-7-9-20(10-8-19)21-16-22(23-6-5-15-34-23)31(28-21)25(33)18-30-13-11-29(12-14-30)17-24(32)27-26(2,3)4/h5-10,15,22H,11-14,16-18H2,1-4H3,(H,27,32). The molecule has 2 aromatic rings. The number of aryl methyl sites for hydroxylation is 1. The smallest absolute Gasteiger partial charge is 0.257 e. The van der Waals surface area contributed by atoms with Gasteiger partial charge in [-0.05, 0) is 45.4 Å². The van der Waals surface area contributed by atoms with Crippen LogP contribution in [0.1, 0.15) is 50.1 Å². The Bertz CT molecular complexity index is 1020. The summed E-state index contributed by atoms with van der Waals surface area (Å²) in [5.41, 5.74) is 2.88. The van der Waals surface area contributed by atoms with Gasteiger partial charge in [0.25, 0.3) is 5.91 Å². The molecule has 0 saturated carbocycles. The van der Waals surface area contributed by atoms with Gasteiger partial charge in [0.2, 0.25) is 5.91 Å². The first-order valence-electron chi connectivity index (χ1n) is 11.9. The second-order valence-electron chi connectivity index (χ2n) is 10.2. The fraction of sp³-hybridized carbons (Fsp3) is 0.500. The predicted molar refractivity (Wildman–Crippen MR) is 131 cm³/mol. The van der Waals surface area contributed by atoms with Crippen molar-refractivity contribution in [3.8, 4) is 0 Å². The molecule has 3 heterocycles. The van der Waals surface area contributed by atoms with Crippen LogP contribution in [0.4, 0.5) is 0 Å². The zero-order valence-corrected chi connectivity index (χ0v) is 20.6. The highest BCUT2D eigenvalue weighted by Gasteiger charge is 2.35. The van der Waals surface area contributed by atoms with Gasteiger partial charge >= 0.3 is 0 Å². The Balaban J connectivity index is 1.37. The number of hydrogen-bond donors (Lipinski definition) is 1. The van der Waals surface area contributed by atoms with Crippen molar-refractivity contribution < 1.29 is 14.0 Å². The highest BCUT2D eigenvalue weighted by molar-refractivity contribution is 6.03. The average molecular weight is 466 g/mol. The molecule has 34 heavy (non-hydrogen) atoms. The molecule has 4 rings (SSSR count). The van der Waals surface area contributed by atoms with Crippen molar-refractivity contribution in [3.63, 3.8) is 0 Å². The minimum absolute atomic E-state index is 0.0355. The maximum absolute atomic E-state index is 13.3. The largest absolute Gasteiger partial charge is 0.467 e. The van der Waals surface area contributed by atoms with E-state index in [9.17, 15) is 9.59 Å². The summed E-state index contributed by atoms with van der Waals surface area (Å²) in [5.74, 6) is 0.740. The first-order chi connectivity index (χ1) is 16.2. The Morgan fingerprint density at radius 2 is 1.68 bits per heavy atom. The molecule has 2 aliphatic rings. The van der Waals surface area contributed by atoms with Crippen LogP contribution in [-0.2, 0) is 9.59 Å². The Labute approximate surface area is 201 Å². The van der Waals surface area contributed by atoms with E-state index in [0.29, 0.717) is 19.5 Å². The van der Waals surface area contributed by atoms with E-state index in [4.69, 9.17) is 9.52 Å². The summed E-state index contributed by atoms with van der Waals surface area (Å²) < 4.78 is 5.65. The van der Waals surface area contributed by atoms with Crippen LogP contribution in [0.3, 0.4) is 0 Å². The van der Waals surface area contributed by atoms with Crippen molar-refractivity contribution in [2.45, 2.75) is 45.7 Å². The van der Waals surface area contributed by atoms with Crippen molar-refractivity contribution in [2.24, 2.45) is 5.10 Å². The third-order valence-electron chi connectivity index (χ3n) is 6.13. The van der Waals surface area contributed by atoms with Crippen LogP contribution >= 0.6 is 0 Å². The molecule has 0 bridgehead atoms. The number of benzene rings is 1. The van der Waals surface area contributed by atoms with Crippen molar-refractivity contribution >= 4 is 17.5 Å². The number of rotatable bonds is 6. The monoisotopic (exact) mass is 465 g/mol. The molecule has 1 atom stereocenters. The Kier molecular flexibility index (Phi) is 7.19. The molecule has 1 fully saturated rings. The van der Waals surface area contributed by atoms with Gasteiger partial charge in [-0.1, -0.05) is 29.8 Å². The number of hydrogen-bond acceptors (Lipinski definition) is 6. The quantitative estimate of drug-likeness (QED) is 0.710. The highest BCUT2D eigenvalue weighted by atomic mass is 16.3. The zero-order valence-electron chi connectivity index (χ0n) is 20.6. The van der Waals surface area contributed by atoms with Gasteiger partial charge in [0, 0.05) is 38.1 Å². The first kappa shape index (κ1) is 24.2. The topological polar surface area (TPSA) is 81.4 Å². The molecule has 0 aliphatic carbocycles. The van der Waals surface area contributed by atoms with Gasteiger partial charge in [0.15, 0.2) is 0 Å². The van der Waals surface area contributed by atoms with Gasteiger partial charge in [-0.25, -0.2) is 5.01 Å². The molecular formula is C26H35N5O3.